The first-order chi connectivity index (χ1) is 22.4. The van der Waals surface area contributed by atoms with Crippen LogP contribution in [0.4, 0.5) is 0 Å². The van der Waals surface area contributed by atoms with E-state index in [1.54, 1.807) is 23.2 Å². The quantitative estimate of drug-likeness (QED) is 0.111. The minimum atomic E-state index is -0.987. The van der Waals surface area contributed by atoms with E-state index in [-0.39, 0.29) is 11.5 Å². The molecule has 0 unspecified atom stereocenters. The zero-order valence-corrected chi connectivity index (χ0v) is 26.7. The lowest BCUT2D eigenvalue weighted by atomic mass is 10.0. The predicted molar refractivity (Wildman–Crippen MR) is 183 cm³/mol. The number of carboxylic acids is 1. The van der Waals surface area contributed by atoms with Gasteiger partial charge in [-0.25, -0.2) is 4.79 Å². The third-order valence-corrected chi connectivity index (χ3v) is 9.15. The molecule has 46 heavy (non-hydrogen) atoms. The standard InChI is InChI=1S/C35H33N3O6S2/c39-33-32(46-35(45)38(33)13-2-17-43-29-8-4-24(5-9-29)34(40)41)23-28-22-26(25-6-10-30-27(21-25)3-1-12-36-30)7-11-31(28)44-20-16-37-14-18-42-19-15-37/h1,3-12,21-23H,2,13-20H2,(H,40,41)/b32-23-. The molecular formula is C35H33N3O6S2. The Balaban J connectivity index is 1.16. The molecule has 0 saturated carbocycles. The second kappa shape index (κ2) is 14.9. The monoisotopic (exact) mass is 655 g/mol. The van der Waals surface area contributed by atoms with E-state index in [0.717, 1.165) is 60.4 Å². The molecule has 6 rings (SSSR count). The van der Waals surface area contributed by atoms with Crippen LogP contribution in [0.3, 0.4) is 0 Å². The Bertz CT molecular complexity index is 1770. The number of amides is 1. The van der Waals surface area contributed by atoms with Crippen molar-refractivity contribution < 1.29 is 28.9 Å². The highest BCUT2D eigenvalue weighted by Crippen LogP contribution is 2.36. The number of pyridine rings is 1. The normalized spacial score (nSPS) is 16.3. The zero-order chi connectivity index (χ0) is 31.9. The minimum absolute atomic E-state index is 0.151. The highest BCUT2D eigenvalue weighted by atomic mass is 32.2. The van der Waals surface area contributed by atoms with Crippen molar-refractivity contribution in [3.63, 3.8) is 0 Å². The van der Waals surface area contributed by atoms with E-state index in [2.05, 4.69) is 28.1 Å². The molecule has 3 aromatic carbocycles. The van der Waals surface area contributed by atoms with E-state index in [4.69, 9.17) is 31.5 Å². The first kappa shape index (κ1) is 31.7. The van der Waals surface area contributed by atoms with Crippen molar-refractivity contribution in [3.05, 3.63) is 95.0 Å². The topological polar surface area (TPSA) is 101 Å². The van der Waals surface area contributed by atoms with Crippen molar-refractivity contribution in [2.75, 3.05) is 52.6 Å². The van der Waals surface area contributed by atoms with Crippen LogP contribution in [-0.2, 0) is 9.53 Å². The number of aromatic nitrogens is 1. The summed E-state index contributed by atoms with van der Waals surface area (Å²) in [7, 11) is 0. The average molecular weight is 656 g/mol. The van der Waals surface area contributed by atoms with Gasteiger partial charge in [0, 0.05) is 43.3 Å². The number of rotatable bonds is 12. The van der Waals surface area contributed by atoms with Gasteiger partial charge in [0.2, 0.25) is 0 Å². The summed E-state index contributed by atoms with van der Waals surface area (Å²) in [5, 5.41) is 10.1. The van der Waals surface area contributed by atoms with Gasteiger partial charge in [-0.3, -0.25) is 19.6 Å². The molecule has 2 fully saturated rings. The van der Waals surface area contributed by atoms with Crippen LogP contribution in [0.25, 0.3) is 28.1 Å². The lowest BCUT2D eigenvalue weighted by Gasteiger charge is -2.26. The summed E-state index contributed by atoms with van der Waals surface area (Å²) in [6.07, 6.45) is 4.21. The summed E-state index contributed by atoms with van der Waals surface area (Å²) < 4.78 is 18.0. The predicted octanol–water partition coefficient (Wildman–Crippen LogP) is 5.98. The summed E-state index contributed by atoms with van der Waals surface area (Å²) in [4.78, 5) is 33.5. The maximum absolute atomic E-state index is 13.5. The molecule has 0 spiro atoms. The van der Waals surface area contributed by atoms with Crippen molar-refractivity contribution in [1.29, 1.82) is 0 Å². The molecule has 2 aliphatic rings. The first-order valence-corrected chi connectivity index (χ1v) is 16.3. The molecule has 9 nitrogen and oxygen atoms in total. The number of ether oxygens (including phenoxy) is 3. The average Bonchev–Trinajstić information content (AvgIpc) is 3.35. The van der Waals surface area contributed by atoms with Gasteiger partial charge in [0.15, 0.2) is 0 Å². The number of fused-ring (bicyclic) bond motifs is 1. The summed E-state index contributed by atoms with van der Waals surface area (Å²) >= 11 is 6.87. The molecule has 0 radical (unpaired) electrons. The largest absolute Gasteiger partial charge is 0.494 e. The van der Waals surface area contributed by atoms with Crippen molar-refractivity contribution in [3.8, 4) is 22.6 Å². The van der Waals surface area contributed by atoms with Gasteiger partial charge in [0.05, 0.1) is 35.8 Å². The van der Waals surface area contributed by atoms with Gasteiger partial charge in [-0.15, -0.1) is 0 Å². The third kappa shape index (κ3) is 7.73. The first-order valence-electron chi connectivity index (χ1n) is 15.1. The van der Waals surface area contributed by atoms with Crippen LogP contribution >= 0.6 is 24.0 Å². The highest BCUT2D eigenvalue weighted by Gasteiger charge is 2.32. The van der Waals surface area contributed by atoms with Crippen LogP contribution in [0, 0.1) is 0 Å². The van der Waals surface area contributed by atoms with Crippen LogP contribution in [-0.4, -0.2) is 88.7 Å². The third-order valence-electron chi connectivity index (χ3n) is 7.77. The number of hydrogen-bond donors (Lipinski definition) is 1. The Morgan fingerprint density at radius 2 is 1.76 bits per heavy atom. The SMILES string of the molecule is O=C(O)c1ccc(OCCCN2C(=O)/C(=C/c3cc(-c4ccc5ncccc5c4)ccc3OCCN3CCOCC3)SC2=S)cc1. The van der Waals surface area contributed by atoms with E-state index in [1.165, 1.54) is 23.9 Å². The number of carboxylic acid groups (broad SMARTS) is 1. The molecular weight excluding hydrogens is 623 g/mol. The Hall–Kier alpha value is -4.29. The van der Waals surface area contributed by atoms with Crippen LogP contribution in [0.5, 0.6) is 11.5 Å². The van der Waals surface area contributed by atoms with Gasteiger partial charge < -0.3 is 19.3 Å². The molecule has 2 saturated heterocycles. The Morgan fingerprint density at radius 1 is 0.978 bits per heavy atom. The van der Waals surface area contributed by atoms with E-state index < -0.39 is 5.97 Å². The van der Waals surface area contributed by atoms with Gasteiger partial charge in [-0.05, 0) is 78.2 Å². The summed E-state index contributed by atoms with van der Waals surface area (Å²) in [5.74, 6) is 0.131. The van der Waals surface area contributed by atoms with Crippen LogP contribution in [0.1, 0.15) is 22.3 Å². The van der Waals surface area contributed by atoms with Crippen LogP contribution in [0.15, 0.2) is 83.9 Å². The van der Waals surface area contributed by atoms with Crippen LogP contribution < -0.4 is 9.47 Å². The maximum atomic E-state index is 13.5. The smallest absolute Gasteiger partial charge is 0.335 e. The number of carbonyl (C=O) groups excluding carboxylic acids is 1. The number of morpholine rings is 1. The fourth-order valence-corrected chi connectivity index (χ4v) is 6.58. The number of thioether (sulfide) groups is 1. The number of benzene rings is 3. The van der Waals surface area contributed by atoms with Gasteiger partial charge in [-0.1, -0.05) is 42.2 Å². The molecule has 1 N–H and O–H groups in total. The minimum Gasteiger partial charge on any atom is -0.494 e. The Morgan fingerprint density at radius 3 is 2.57 bits per heavy atom. The van der Waals surface area contributed by atoms with Gasteiger partial charge in [0.25, 0.3) is 5.91 Å². The number of hydrogen-bond acceptors (Lipinski definition) is 9. The molecule has 4 aromatic rings. The van der Waals surface area contributed by atoms with Gasteiger partial charge in [-0.2, -0.15) is 0 Å². The number of nitrogens with zero attached hydrogens (tertiary/aromatic N) is 3. The van der Waals surface area contributed by atoms with Gasteiger partial charge in [0.1, 0.15) is 22.4 Å². The van der Waals surface area contributed by atoms with Gasteiger partial charge >= 0.3 is 5.97 Å². The van der Waals surface area contributed by atoms with Crippen molar-refractivity contribution in [2.24, 2.45) is 0 Å². The molecule has 1 amide bonds. The number of carbonyl (C=O) groups is 2. The van der Waals surface area contributed by atoms with E-state index in [1.807, 2.05) is 36.4 Å². The molecule has 0 bridgehead atoms. The van der Waals surface area contributed by atoms with E-state index >= 15 is 0 Å². The fraction of sp³-hybridized carbons (Fsp3) is 0.257. The molecule has 2 aliphatic heterocycles. The van der Waals surface area contributed by atoms with Crippen molar-refractivity contribution in [1.82, 2.24) is 14.8 Å². The van der Waals surface area contributed by atoms with Crippen molar-refractivity contribution in [2.45, 2.75) is 6.42 Å². The number of aromatic carboxylic acids is 1. The summed E-state index contributed by atoms with van der Waals surface area (Å²) in [6, 6.07) is 22.4. The zero-order valence-electron chi connectivity index (χ0n) is 25.1. The summed E-state index contributed by atoms with van der Waals surface area (Å²) in [6.45, 7) is 5.30. The van der Waals surface area contributed by atoms with Crippen molar-refractivity contribution >= 4 is 57.2 Å². The lowest BCUT2D eigenvalue weighted by Crippen LogP contribution is -2.38. The molecule has 11 heteroatoms. The van der Waals surface area contributed by atoms with E-state index in [0.29, 0.717) is 46.9 Å². The fourth-order valence-electron chi connectivity index (χ4n) is 5.28. The second-order valence-corrected chi connectivity index (χ2v) is 12.5. The van der Waals surface area contributed by atoms with Crippen LogP contribution in [0.2, 0.25) is 0 Å². The molecule has 0 atom stereocenters. The molecule has 0 aliphatic carbocycles. The lowest BCUT2D eigenvalue weighted by molar-refractivity contribution is -0.122. The highest BCUT2D eigenvalue weighted by molar-refractivity contribution is 8.26. The second-order valence-electron chi connectivity index (χ2n) is 10.8. The summed E-state index contributed by atoms with van der Waals surface area (Å²) in [5.41, 5.74) is 3.98. The molecule has 236 valence electrons. The van der Waals surface area contributed by atoms with E-state index in [9.17, 15) is 9.59 Å². The molecule has 3 heterocycles. The number of thiocarbonyl (C=S) groups is 1. The Labute approximate surface area is 276 Å². The maximum Gasteiger partial charge on any atom is 0.335 e. The molecule has 1 aromatic heterocycles. The Kier molecular flexibility index (Phi) is 10.2.